The lowest BCUT2D eigenvalue weighted by atomic mass is 10.1. The predicted octanol–water partition coefficient (Wildman–Crippen LogP) is 0.636. The molecule has 0 spiro atoms. The van der Waals surface area contributed by atoms with E-state index in [1.165, 1.54) is 7.11 Å². The van der Waals surface area contributed by atoms with Gasteiger partial charge < -0.3 is 86.4 Å². The lowest BCUT2D eigenvalue weighted by Gasteiger charge is -2.28. The maximum atomic E-state index is 10.3. The Morgan fingerprint density at radius 1 is 0.528 bits per heavy atom. The monoisotopic (exact) mass is 768 g/mol. The van der Waals surface area contributed by atoms with Crippen LogP contribution in [0.25, 0.3) is 0 Å². The van der Waals surface area contributed by atoms with Gasteiger partial charge in [-0.15, -0.1) is 0 Å². The van der Waals surface area contributed by atoms with E-state index >= 15 is 0 Å². The molecule has 8 saturated heterocycles. The summed E-state index contributed by atoms with van der Waals surface area (Å²) >= 11 is 0. The topological polar surface area (TPSA) is 199 Å². The Hall–Kier alpha value is -0.720. The molecule has 18 heteroatoms. The molecule has 15 atom stereocenters. The Kier molecular flexibility index (Phi) is 12.0. The Morgan fingerprint density at radius 2 is 0.943 bits per heavy atom. The molecule has 308 valence electrons. The summed E-state index contributed by atoms with van der Waals surface area (Å²) in [7, 11) is 3.17. The molecule has 0 amide bonds. The van der Waals surface area contributed by atoms with Crippen molar-refractivity contribution in [1.29, 1.82) is 0 Å². The summed E-state index contributed by atoms with van der Waals surface area (Å²) in [6.45, 7) is 18.9. The van der Waals surface area contributed by atoms with Gasteiger partial charge in [-0.1, -0.05) is 0 Å². The van der Waals surface area contributed by atoms with Gasteiger partial charge >= 0.3 is 0 Å². The maximum absolute atomic E-state index is 10.3. The maximum Gasteiger partial charge on any atom is 0.190 e. The number of methoxy groups -OCH3 is 2. The van der Waals surface area contributed by atoms with Crippen molar-refractivity contribution in [2.45, 2.75) is 190 Å². The van der Waals surface area contributed by atoms with Crippen molar-refractivity contribution in [3.8, 4) is 0 Å². The van der Waals surface area contributed by atoms with Gasteiger partial charge in [-0.3, -0.25) is 0 Å². The summed E-state index contributed by atoms with van der Waals surface area (Å²) in [6, 6.07) is 0. The molecule has 0 saturated carbocycles. The summed E-state index contributed by atoms with van der Waals surface area (Å²) in [6.07, 6.45) is -6.75. The van der Waals surface area contributed by atoms with Gasteiger partial charge in [0.1, 0.15) is 73.2 Å². The largest absolute Gasteiger partial charge is 0.394 e. The van der Waals surface area contributed by atoms with Crippen LogP contribution in [0, 0.1) is 0 Å². The Morgan fingerprint density at radius 3 is 1.38 bits per heavy atom. The number of fused-ring (bicyclic) bond motifs is 3. The molecule has 0 aromatic carbocycles. The van der Waals surface area contributed by atoms with Crippen molar-refractivity contribution < 1.29 is 86.4 Å². The van der Waals surface area contributed by atoms with Crippen molar-refractivity contribution in [3.05, 3.63) is 0 Å². The second-order valence-corrected chi connectivity index (χ2v) is 16.6. The van der Waals surface area contributed by atoms with Crippen LogP contribution >= 0.6 is 0 Å². The van der Waals surface area contributed by atoms with Crippen LogP contribution in [0.1, 0.15) is 69.2 Å². The van der Waals surface area contributed by atoms with Gasteiger partial charge in [-0.05, 0) is 69.2 Å². The summed E-state index contributed by atoms with van der Waals surface area (Å²) < 4.78 is 84.5. The van der Waals surface area contributed by atoms with Gasteiger partial charge in [0.05, 0.1) is 19.8 Å². The second kappa shape index (κ2) is 15.2. The fraction of sp³-hybridized carbons (Fsp3) is 1.00. The highest BCUT2D eigenvalue weighted by atomic mass is 16.9. The van der Waals surface area contributed by atoms with Crippen molar-refractivity contribution in [2.24, 2.45) is 0 Å². The van der Waals surface area contributed by atoms with E-state index in [2.05, 4.69) is 0 Å². The van der Waals surface area contributed by atoms with Gasteiger partial charge in [-0.25, -0.2) is 0 Å². The van der Waals surface area contributed by atoms with E-state index in [1.807, 2.05) is 41.5 Å². The molecule has 53 heavy (non-hydrogen) atoms. The Labute approximate surface area is 310 Å². The van der Waals surface area contributed by atoms with Crippen molar-refractivity contribution >= 4 is 0 Å². The second-order valence-electron chi connectivity index (χ2n) is 16.6. The van der Waals surface area contributed by atoms with Crippen LogP contribution in [-0.2, 0) is 71.1 Å². The SMILES string of the molecule is CC1(C)OCC([C@H]2O[C@@H]3OC(C)(C)O[C@@H]3[C@@H]2O)O1.CO[C@H]1[C@H]2OC(C)(C)O[C@H]2O[C@@H]1C(O)CO.CO[C@H]1[C@H]2OC(C)(C)O[C@H]2O[C@@H]1C1COC(C)(C)O1. The van der Waals surface area contributed by atoms with Crippen LogP contribution in [0.4, 0.5) is 0 Å². The summed E-state index contributed by atoms with van der Waals surface area (Å²) in [5.41, 5.74) is 0. The first-order chi connectivity index (χ1) is 24.6. The number of ether oxygens (including phenoxy) is 15. The van der Waals surface area contributed by atoms with Crippen LogP contribution in [0.15, 0.2) is 0 Å². The molecule has 8 rings (SSSR count). The zero-order valence-electron chi connectivity index (χ0n) is 32.7. The Balaban J connectivity index is 0.000000137. The molecule has 8 aliphatic heterocycles. The van der Waals surface area contributed by atoms with Crippen LogP contribution in [0.2, 0.25) is 0 Å². The fourth-order valence-corrected chi connectivity index (χ4v) is 7.84. The molecule has 8 heterocycles. The minimum absolute atomic E-state index is 0.166. The molecule has 0 aromatic heterocycles. The third-order valence-electron chi connectivity index (χ3n) is 10.0. The van der Waals surface area contributed by atoms with Gasteiger partial charge in [-0.2, -0.15) is 0 Å². The molecule has 18 nitrogen and oxygen atoms in total. The van der Waals surface area contributed by atoms with E-state index in [-0.39, 0.29) is 43.2 Å². The van der Waals surface area contributed by atoms with Gasteiger partial charge in [0, 0.05) is 14.2 Å². The number of aliphatic hydroxyl groups is 3. The van der Waals surface area contributed by atoms with Gasteiger partial charge in [0.15, 0.2) is 47.8 Å². The normalized spacial score (nSPS) is 46.9. The van der Waals surface area contributed by atoms with E-state index in [9.17, 15) is 10.2 Å². The molecule has 8 fully saturated rings. The van der Waals surface area contributed by atoms with E-state index in [4.69, 9.17) is 76.2 Å². The first kappa shape index (κ1) is 41.9. The highest BCUT2D eigenvalue weighted by molar-refractivity contribution is 5.00. The van der Waals surface area contributed by atoms with Crippen molar-refractivity contribution in [3.63, 3.8) is 0 Å². The highest BCUT2D eigenvalue weighted by Crippen LogP contribution is 2.43. The number of hydrogen-bond donors (Lipinski definition) is 3. The average molecular weight is 769 g/mol. The third kappa shape index (κ3) is 9.05. The minimum Gasteiger partial charge on any atom is -0.394 e. The molecule has 8 aliphatic rings. The molecule has 0 aromatic rings. The van der Waals surface area contributed by atoms with Crippen LogP contribution in [-0.4, -0.2) is 170 Å². The van der Waals surface area contributed by atoms with Crippen LogP contribution in [0.3, 0.4) is 0 Å². The molecular formula is C35H60O18. The zero-order chi connectivity index (χ0) is 38.9. The van der Waals surface area contributed by atoms with E-state index < -0.39 is 84.4 Å². The highest BCUT2D eigenvalue weighted by Gasteiger charge is 2.60. The number of hydrogen-bond acceptors (Lipinski definition) is 18. The molecule has 0 radical (unpaired) electrons. The van der Waals surface area contributed by atoms with E-state index in [0.29, 0.717) is 13.2 Å². The average Bonchev–Trinajstić information content (AvgIpc) is 3.91. The first-order valence-electron chi connectivity index (χ1n) is 18.3. The third-order valence-corrected chi connectivity index (χ3v) is 10.0. The standard InChI is InChI=1S/C13H22O6.C12H20O6.C10H18O6/c1-12(2)15-6-7(17-12)8-9(14-5)10-11(16-8)19-13(3,4)18-10;1-11(2)14-5-6(16-11)8-7(13)9-10(15-8)18-12(3,4)17-9;1-10(2)15-8-7(13-3)6(5(12)4-11)14-9(8)16-10/h7-11H,6H2,1-5H3;6-10,13H,5H2,1-4H3;5-9,11-12H,4H2,1-3H3/t7?,8-,9-,10-,11-;6?,7-,8-,9-,10-;5?,6-,7-,8-,9-/m111/s1. The summed E-state index contributed by atoms with van der Waals surface area (Å²) in [5, 5.41) is 28.7. The Bertz CT molecular complexity index is 1250. The minimum atomic E-state index is -0.995. The zero-order valence-corrected chi connectivity index (χ0v) is 32.7. The molecule has 0 bridgehead atoms. The van der Waals surface area contributed by atoms with Crippen molar-refractivity contribution in [2.75, 3.05) is 34.0 Å². The first-order valence-corrected chi connectivity index (χ1v) is 18.3. The lowest BCUT2D eigenvalue weighted by Crippen LogP contribution is -2.43. The fourth-order valence-electron chi connectivity index (χ4n) is 7.84. The van der Waals surface area contributed by atoms with Crippen LogP contribution < -0.4 is 0 Å². The number of aliphatic hydroxyl groups excluding tert-OH is 3. The summed E-state index contributed by atoms with van der Waals surface area (Å²) in [5.74, 6) is -3.27. The molecular weight excluding hydrogens is 708 g/mol. The van der Waals surface area contributed by atoms with E-state index in [0.717, 1.165) is 0 Å². The smallest absolute Gasteiger partial charge is 0.190 e. The van der Waals surface area contributed by atoms with Crippen molar-refractivity contribution in [1.82, 2.24) is 0 Å². The predicted molar refractivity (Wildman–Crippen MR) is 177 cm³/mol. The molecule has 3 N–H and O–H groups in total. The van der Waals surface area contributed by atoms with E-state index in [1.54, 1.807) is 34.8 Å². The quantitative estimate of drug-likeness (QED) is 0.340. The number of rotatable bonds is 6. The molecule has 3 unspecified atom stereocenters. The molecule has 0 aliphatic carbocycles. The van der Waals surface area contributed by atoms with Gasteiger partial charge in [0.25, 0.3) is 0 Å². The lowest BCUT2D eigenvalue weighted by molar-refractivity contribution is -0.234. The van der Waals surface area contributed by atoms with Crippen LogP contribution in [0.5, 0.6) is 0 Å². The summed E-state index contributed by atoms with van der Waals surface area (Å²) in [4.78, 5) is 0. The van der Waals surface area contributed by atoms with Gasteiger partial charge in [0.2, 0.25) is 0 Å².